The predicted octanol–water partition coefficient (Wildman–Crippen LogP) is -1.95. The fraction of sp³-hybridized carbons (Fsp3) is 0.609. The number of halogens is 1. The van der Waals surface area contributed by atoms with Gasteiger partial charge in [0, 0.05) is 38.9 Å². The number of carbonyl (C=O) groups excluding carboxylic acids is 4. The molecule has 2 aliphatic rings. The summed E-state index contributed by atoms with van der Waals surface area (Å²) in [4.78, 5) is 59.9. The van der Waals surface area contributed by atoms with Gasteiger partial charge in [0.1, 0.15) is 0 Å². The maximum absolute atomic E-state index is 12.6. The molecule has 2 aliphatic heterocycles. The number of rotatable bonds is 7. The molecule has 14 heteroatoms. The van der Waals surface area contributed by atoms with Gasteiger partial charge >= 0.3 is 30.1 Å². The zero-order valence-corrected chi connectivity index (χ0v) is 22.5. The summed E-state index contributed by atoms with van der Waals surface area (Å²) in [6.45, 7) is 3.92. The number of pyridine rings is 1. The monoisotopic (exact) mass is 587 g/mol. The molecule has 0 aliphatic carbocycles. The van der Waals surface area contributed by atoms with Crippen LogP contribution in [0.1, 0.15) is 57.9 Å². The molecule has 13 nitrogen and oxygen atoms in total. The number of esters is 4. The smallest absolute Gasteiger partial charge is 0.339 e. The number of piperidine rings is 1. The van der Waals surface area contributed by atoms with Crippen molar-refractivity contribution in [2.24, 2.45) is 5.29 Å². The fourth-order valence-corrected chi connectivity index (χ4v) is 4.56. The number of ether oxygens (including phenoxy) is 5. The van der Waals surface area contributed by atoms with Crippen LogP contribution in [0.3, 0.4) is 0 Å². The molecule has 1 aromatic rings. The number of carbonyl (C=O) groups is 4. The highest BCUT2D eigenvalue weighted by atomic mass is 79.9. The molecule has 3 heterocycles. The maximum atomic E-state index is 12.6. The van der Waals surface area contributed by atoms with Crippen LogP contribution < -0.4 is 21.5 Å². The highest BCUT2D eigenvalue weighted by Crippen LogP contribution is 2.34. The van der Waals surface area contributed by atoms with Gasteiger partial charge in [0.25, 0.3) is 0 Å². The van der Waals surface area contributed by atoms with E-state index in [1.165, 1.54) is 9.58 Å². The SMILES string of the molecule is COC(=O)C1OC([n+]2cccc(C3CCCCN3N=O)c2)C(OC(C)=O)C(OC(C)=O)C1OC(C)=O.[Br-]. The first-order valence-electron chi connectivity index (χ1n) is 11.5. The van der Waals surface area contributed by atoms with Crippen molar-refractivity contribution in [3.63, 3.8) is 0 Å². The zero-order valence-electron chi connectivity index (χ0n) is 20.9. The van der Waals surface area contributed by atoms with E-state index in [2.05, 4.69) is 5.29 Å². The van der Waals surface area contributed by atoms with Crippen molar-refractivity contribution >= 4 is 23.9 Å². The summed E-state index contributed by atoms with van der Waals surface area (Å²) in [5, 5.41) is 4.60. The van der Waals surface area contributed by atoms with Crippen molar-refractivity contribution in [3.05, 3.63) is 35.0 Å². The van der Waals surface area contributed by atoms with E-state index in [-0.39, 0.29) is 23.0 Å². The van der Waals surface area contributed by atoms with Crippen LogP contribution in [0.15, 0.2) is 29.8 Å². The third-order valence-corrected chi connectivity index (χ3v) is 5.96. The van der Waals surface area contributed by atoms with Gasteiger partial charge in [0.05, 0.1) is 18.4 Å². The minimum Gasteiger partial charge on any atom is -1.00 e. The predicted molar refractivity (Wildman–Crippen MR) is 118 cm³/mol. The van der Waals surface area contributed by atoms with Crippen LogP contribution in [-0.4, -0.2) is 67.0 Å². The van der Waals surface area contributed by atoms with E-state index in [4.69, 9.17) is 23.7 Å². The topological polar surface area (TPSA) is 151 Å². The van der Waals surface area contributed by atoms with Gasteiger partial charge in [0.15, 0.2) is 24.6 Å². The van der Waals surface area contributed by atoms with E-state index in [1.807, 2.05) is 6.07 Å². The van der Waals surface area contributed by atoms with Gasteiger partial charge in [-0.25, -0.2) is 4.79 Å². The number of aromatic nitrogens is 1. The number of hydrogen-bond donors (Lipinski definition) is 0. The molecule has 0 radical (unpaired) electrons. The van der Waals surface area contributed by atoms with Gasteiger partial charge in [-0.3, -0.25) is 24.1 Å². The normalized spacial score (nSPS) is 27.2. The molecule has 6 unspecified atom stereocenters. The minimum absolute atomic E-state index is 0. The first-order chi connectivity index (χ1) is 17.2. The summed E-state index contributed by atoms with van der Waals surface area (Å²) in [6.07, 6.45) is -1.09. The Hall–Kier alpha value is -3.13. The second kappa shape index (κ2) is 13.4. The molecule has 2 saturated heterocycles. The quantitative estimate of drug-likeness (QED) is 0.151. The first kappa shape index (κ1) is 30.1. The highest BCUT2D eigenvalue weighted by molar-refractivity contribution is 5.77. The van der Waals surface area contributed by atoms with Crippen LogP contribution in [0.2, 0.25) is 0 Å². The van der Waals surface area contributed by atoms with Crippen molar-refractivity contribution in [1.29, 1.82) is 0 Å². The van der Waals surface area contributed by atoms with Crippen molar-refractivity contribution in [1.82, 2.24) is 5.01 Å². The van der Waals surface area contributed by atoms with Crippen molar-refractivity contribution in [2.75, 3.05) is 13.7 Å². The molecule has 0 bridgehead atoms. The highest BCUT2D eigenvalue weighted by Gasteiger charge is 2.58. The molecule has 37 heavy (non-hydrogen) atoms. The van der Waals surface area contributed by atoms with Crippen LogP contribution in [0.5, 0.6) is 0 Å². The van der Waals surface area contributed by atoms with Gasteiger partial charge in [-0.1, -0.05) is 0 Å². The lowest BCUT2D eigenvalue weighted by Gasteiger charge is -2.41. The van der Waals surface area contributed by atoms with E-state index >= 15 is 0 Å². The lowest BCUT2D eigenvalue weighted by atomic mass is 9.95. The summed E-state index contributed by atoms with van der Waals surface area (Å²) >= 11 is 0. The van der Waals surface area contributed by atoms with Crippen LogP contribution in [0.25, 0.3) is 0 Å². The molecule has 3 rings (SSSR count). The molecule has 2 fully saturated rings. The van der Waals surface area contributed by atoms with Gasteiger partial charge in [0.2, 0.25) is 12.2 Å². The summed E-state index contributed by atoms with van der Waals surface area (Å²) in [6, 6.07) is 3.24. The number of methoxy groups -OCH3 is 1. The molecule has 0 N–H and O–H groups in total. The van der Waals surface area contributed by atoms with Crippen LogP contribution in [0, 0.1) is 4.91 Å². The molecule has 0 amide bonds. The molecule has 1 aromatic heterocycles. The summed E-state index contributed by atoms with van der Waals surface area (Å²) < 4.78 is 28.6. The Morgan fingerprint density at radius 2 is 1.62 bits per heavy atom. The Kier molecular flexibility index (Phi) is 10.9. The van der Waals surface area contributed by atoms with E-state index < -0.39 is 54.5 Å². The van der Waals surface area contributed by atoms with Crippen molar-refractivity contribution < 1.29 is 64.4 Å². The van der Waals surface area contributed by atoms with Crippen LogP contribution in [0.4, 0.5) is 0 Å². The average Bonchev–Trinajstić information content (AvgIpc) is 2.84. The van der Waals surface area contributed by atoms with Gasteiger partial charge in [-0.15, -0.1) is 4.91 Å². The van der Waals surface area contributed by atoms with Crippen molar-refractivity contribution in [3.8, 4) is 0 Å². The zero-order chi connectivity index (χ0) is 26.4. The van der Waals surface area contributed by atoms with Crippen molar-refractivity contribution in [2.45, 2.75) is 76.7 Å². The third-order valence-electron chi connectivity index (χ3n) is 5.96. The van der Waals surface area contributed by atoms with Crippen LogP contribution >= 0.6 is 0 Å². The Labute approximate surface area is 224 Å². The standard InChI is InChI=1S/C23H30N3O10.BrH/c1-13(27)33-18-19(34-14(2)28)21(23(30)32-4)36-22(20(18)35-15(3)29)25-10-7-8-16(12-25)17-9-5-6-11-26(17)24-31;/h7-8,10,12,17-22H,5-6,9,11H2,1-4H3;1H/q+1;/p-1. The molecule has 204 valence electrons. The van der Waals surface area contributed by atoms with E-state index in [0.29, 0.717) is 13.0 Å². The summed E-state index contributed by atoms with van der Waals surface area (Å²) in [7, 11) is 1.13. The molecular formula is C23H30BrN3O10. The fourth-order valence-electron chi connectivity index (χ4n) is 4.56. The van der Waals surface area contributed by atoms with Gasteiger partial charge < -0.3 is 35.9 Å². The Balaban J connectivity index is 0.00000481. The lowest BCUT2D eigenvalue weighted by Crippen LogP contribution is -3.00. The Morgan fingerprint density at radius 1 is 1.00 bits per heavy atom. The largest absolute Gasteiger partial charge is 1.00 e. The molecule has 0 spiro atoms. The van der Waals surface area contributed by atoms with Gasteiger partial charge in [-0.2, -0.15) is 4.57 Å². The Morgan fingerprint density at radius 3 is 2.22 bits per heavy atom. The second-order valence-electron chi connectivity index (χ2n) is 8.53. The molecular weight excluding hydrogens is 558 g/mol. The summed E-state index contributed by atoms with van der Waals surface area (Å²) in [5.41, 5.74) is 0.739. The first-order valence-corrected chi connectivity index (χ1v) is 11.5. The van der Waals surface area contributed by atoms with E-state index in [1.54, 1.807) is 18.5 Å². The average molecular weight is 588 g/mol. The molecule has 6 atom stereocenters. The van der Waals surface area contributed by atoms with E-state index in [9.17, 15) is 24.1 Å². The third kappa shape index (κ3) is 7.22. The number of nitroso groups, excluding NO2 is 1. The second-order valence-corrected chi connectivity index (χ2v) is 8.53. The number of nitrogens with zero attached hydrogens (tertiary/aromatic N) is 3. The summed E-state index contributed by atoms with van der Waals surface area (Å²) in [5.74, 6) is -3.13. The lowest BCUT2D eigenvalue weighted by molar-refractivity contribution is -0.776. The molecule has 0 saturated carbocycles. The Bertz CT molecular complexity index is 1010. The van der Waals surface area contributed by atoms with Gasteiger partial charge in [-0.05, 0) is 25.3 Å². The van der Waals surface area contributed by atoms with E-state index in [0.717, 1.165) is 46.3 Å². The molecule has 0 aromatic carbocycles. The minimum atomic E-state index is -1.50. The number of hydrogen-bond acceptors (Lipinski definition) is 11. The van der Waals surface area contributed by atoms with Crippen LogP contribution in [-0.2, 0) is 42.9 Å². The maximum Gasteiger partial charge on any atom is 0.339 e.